The van der Waals surface area contributed by atoms with Crippen molar-refractivity contribution in [1.29, 1.82) is 0 Å². The Morgan fingerprint density at radius 3 is 2.46 bits per heavy atom. The van der Waals surface area contributed by atoms with E-state index in [-0.39, 0.29) is 31.0 Å². The molecule has 1 fully saturated rings. The number of Topliss-reactive ketones (excluding diaryl/α,β-unsaturated/α-hetero) is 1. The van der Waals surface area contributed by atoms with Crippen LogP contribution >= 0.6 is 0 Å². The van der Waals surface area contributed by atoms with Crippen LogP contribution in [0.25, 0.3) is 0 Å². The summed E-state index contributed by atoms with van der Waals surface area (Å²) in [6.45, 7) is 6.68. The molecule has 1 aliphatic rings. The van der Waals surface area contributed by atoms with E-state index in [0.29, 0.717) is 43.2 Å². The van der Waals surface area contributed by atoms with E-state index in [1.807, 2.05) is 44.2 Å². The molecule has 2 aromatic rings. The smallest absolute Gasteiger partial charge is 0.407 e. The molecule has 0 bridgehead atoms. The lowest BCUT2D eigenvalue weighted by Crippen LogP contribution is -2.52. The summed E-state index contributed by atoms with van der Waals surface area (Å²) in [5.41, 5.74) is 7.34. The van der Waals surface area contributed by atoms with Crippen LogP contribution in [-0.2, 0) is 41.4 Å². The molecular formula is C28H39N3O7S. The van der Waals surface area contributed by atoms with Crippen LogP contribution in [-0.4, -0.2) is 71.6 Å². The van der Waals surface area contributed by atoms with E-state index in [4.69, 9.17) is 25.0 Å². The Balaban J connectivity index is 1.87. The van der Waals surface area contributed by atoms with Gasteiger partial charge in [-0.15, -0.1) is 0 Å². The molecule has 1 amide bonds. The van der Waals surface area contributed by atoms with Gasteiger partial charge in [-0.1, -0.05) is 44.2 Å². The van der Waals surface area contributed by atoms with Crippen molar-refractivity contribution in [3.05, 3.63) is 60.2 Å². The number of rotatable bonds is 15. The first-order valence-corrected chi connectivity index (χ1v) is 14.2. The minimum absolute atomic E-state index is 0.136. The zero-order valence-electron chi connectivity index (χ0n) is 22.7. The first-order chi connectivity index (χ1) is 18.7. The molecule has 1 aliphatic heterocycles. The van der Waals surface area contributed by atoms with E-state index in [2.05, 4.69) is 5.32 Å². The van der Waals surface area contributed by atoms with Gasteiger partial charge in [-0.05, 0) is 49.1 Å². The van der Waals surface area contributed by atoms with E-state index < -0.39 is 29.2 Å². The third-order valence-corrected chi connectivity index (χ3v) is 7.38. The average molecular weight is 562 g/mol. The molecule has 0 radical (unpaired) electrons. The summed E-state index contributed by atoms with van der Waals surface area (Å²) in [5.74, 6) is -0.0409. The average Bonchev–Trinajstić information content (AvgIpc) is 3.40. The van der Waals surface area contributed by atoms with Gasteiger partial charge in [0.05, 0.1) is 24.2 Å². The maximum atomic E-state index is 13.7. The molecule has 2 aromatic carbocycles. The van der Waals surface area contributed by atoms with Gasteiger partial charge in [0, 0.05) is 25.2 Å². The Kier molecular flexibility index (Phi) is 12.3. The van der Waals surface area contributed by atoms with Gasteiger partial charge in [-0.25, -0.2) is 23.1 Å². The molecule has 1 heterocycles. The van der Waals surface area contributed by atoms with Crippen LogP contribution in [0.1, 0.15) is 32.8 Å². The van der Waals surface area contributed by atoms with Gasteiger partial charge in [0.2, 0.25) is 0 Å². The van der Waals surface area contributed by atoms with Crippen molar-refractivity contribution < 1.29 is 33.0 Å². The van der Waals surface area contributed by atoms with E-state index in [0.717, 1.165) is 5.56 Å². The molecule has 39 heavy (non-hydrogen) atoms. The van der Waals surface area contributed by atoms with Crippen molar-refractivity contribution in [2.24, 2.45) is 5.92 Å². The standard InChI is InChI=1S/C28H39N3O7S/c1-20(2)16-31(39(34)25-11-9-23(29)10-12-25)17-27(38-36-18-21(3)32)26(15-22-7-5-4-6-8-22)30-28(33)37-24-13-14-35-19-24/h4-12,20,24,26-27H,13-19,29H2,1-3H3,(H,30,33). The van der Waals surface area contributed by atoms with Gasteiger partial charge in [0.1, 0.15) is 29.8 Å². The number of nitrogens with zero attached hydrogens (tertiary/aromatic N) is 1. The highest BCUT2D eigenvalue weighted by molar-refractivity contribution is 7.82. The lowest BCUT2D eigenvalue weighted by molar-refractivity contribution is -0.323. The van der Waals surface area contributed by atoms with Crippen LogP contribution < -0.4 is 11.1 Å². The number of hydrogen-bond acceptors (Lipinski definition) is 8. The van der Waals surface area contributed by atoms with E-state index in [9.17, 15) is 13.8 Å². The number of carbonyl (C=O) groups is 2. The number of ether oxygens (including phenoxy) is 2. The molecule has 214 valence electrons. The maximum Gasteiger partial charge on any atom is 0.407 e. The summed E-state index contributed by atoms with van der Waals surface area (Å²) in [6.07, 6.45) is -0.725. The number of anilines is 1. The molecule has 0 spiro atoms. The van der Waals surface area contributed by atoms with Crippen LogP contribution in [0.3, 0.4) is 0 Å². The molecule has 10 nitrogen and oxygen atoms in total. The lowest BCUT2D eigenvalue weighted by Gasteiger charge is -2.32. The highest BCUT2D eigenvalue weighted by atomic mass is 32.2. The molecular weight excluding hydrogens is 522 g/mol. The summed E-state index contributed by atoms with van der Waals surface area (Å²) in [4.78, 5) is 36.1. The summed E-state index contributed by atoms with van der Waals surface area (Å²) >= 11 is 0. The number of nitrogens with two attached hydrogens (primary N) is 1. The second kappa shape index (κ2) is 15.7. The number of nitrogens with one attached hydrogen (secondary N) is 1. The summed E-state index contributed by atoms with van der Waals surface area (Å²) < 4.78 is 26.3. The zero-order chi connectivity index (χ0) is 28.2. The van der Waals surface area contributed by atoms with Gasteiger partial charge in [-0.2, -0.15) is 0 Å². The summed E-state index contributed by atoms with van der Waals surface area (Å²) in [6, 6.07) is 15.8. The van der Waals surface area contributed by atoms with Gasteiger partial charge < -0.3 is 20.5 Å². The van der Waals surface area contributed by atoms with Crippen LogP contribution in [0.5, 0.6) is 0 Å². The van der Waals surface area contributed by atoms with Crippen LogP contribution in [0.15, 0.2) is 59.5 Å². The molecule has 4 unspecified atom stereocenters. The molecule has 1 saturated heterocycles. The minimum atomic E-state index is -1.55. The normalized spacial score (nSPS) is 17.6. The predicted octanol–water partition coefficient (Wildman–Crippen LogP) is 3.28. The zero-order valence-corrected chi connectivity index (χ0v) is 23.6. The Bertz CT molecular complexity index is 1060. The highest BCUT2D eigenvalue weighted by Gasteiger charge is 2.32. The van der Waals surface area contributed by atoms with Gasteiger partial charge in [0.15, 0.2) is 5.78 Å². The fourth-order valence-electron chi connectivity index (χ4n) is 4.07. The summed E-state index contributed by atoms with van der Waals surface area (Å²) in [7, 11) is -1.55. The molecule has 3 N–H and O–H groups in total. The van der Waals surface area contributed by atoms with Gasteiger partial charge >= 0.3 is 6.09 Å². The fraction of sp³-hybridized carbons (Fsp3) is 0.500. The fourth-order valence-corrected chi connectivity index (χ4v) is 5.45. The number of amides is 1. The Morgan fingerprint density at radius 1 is 1.13 bits per heavy atom. The third-order valence-electron chi connectivity index (χ3n) is 5.93. The van der Waals surface area contributed by atoms with Gasteiger partial charge in [-0.3, -0.25) is 4.79 Å². The first-order valence-electron chi connectivity index (χ1n) is 13.1. The second-order valence-electron chi connectivity index (χ2n) is 9.99. The Labute approximate surface area is 232 Å². The van der Waals surface area contributed by atoms with Crippen molar-refractivity contribution in [2.75, 3.05) is 38.6 Å². The molecule has 4 atom stereocenters. The second-order valence-corrected chi connectivity index (χ2v) is 11.5. The number of carbonyl (C=O) groups excluding carboxylic acids is 2. The van der Waals surface area contributed by atoms with E-state index in [1.165, 1.54) is 6.92 Å². The molecule has 11 heteroatoms. The largest absolute Gasteiger partial charge is 0.444 e. The van der Waals surface area contributed by atoms with E-state index in [1.54, 1.807) is 28.6 Å². The van der Waals surface area contributed by atoms with Crippen LogP contribution in [0, 0.1) is 5.92 Å². The van der Waals surface area contributed by atoms with Gasteiger partial charge in [0.25, 0.3) is 0 Å². The third kappa shape index (κ3) is 10.7. The first kappa shape index (κ1) is 30.7. The van der Waals surface area contributed by atoms with Crippen LogP contribution in [0.2, 0.25) is 0 Å². The van der Waals surface area contributed by atoms with Crippen molar-refractivity contribution in [1.82, 2.24) is 9.62 Å². The van der Waals surface area contributed by atoms with Crippen molar-refractivity contribution in [3.8, 4) is 0 Å². The molecule has 0 aliphatic carbocycles. The maximum absolute atomic E-state index is 13.7. The van der Waals surface area contributed by atoms with Crippen LogP contribution in [0.4, 0.5) is 10.5 Å². The highest BCUT2D eigenvalue weighted by Crippen LogP contribution is 2.19. The molecule has 3 rings (SSSR count). The molecule has 0 aromatic heterocycles. The Morgan fingerprint density at radius 2 is 1.85 bits per heavy atom. The quantitative estimate of drug-likeness (QED) is 0.193. The minimum Gasteiger partial charge on any atom is -0.444 e. The van der Waals surface area contributed by atoms with Crippen molar-refractivity contribution in [3.63, 3.8) is 0 Å². The topological polar surface area (TPSA) is 129 Å². The van der Waals surface area contributed by atoms with Crippen molar-refractivity contribution >= 4 is 28.5 Å². The number of alkyl carbamates (subject to hydrolysis) is 1. The number of benzene rings is 2. The number of hydrogen-bond donors (Lipinski definition) is 2. The Hall–Kier alpha value is -2.83. The molecule has 0 saturated carbocycles. The lowest BCUT2D eigenvalue weighted by atomic mass is 10.0. The monoisotopic (exact) mass is 561 g/mol. The summed E-state index contributed by atoms with van der Waals surface area (Å²) in [5, 5.41) is 2.93. The predicted molar refractivity (Wildman–Crippen MR) is 148 cm³/mol. The van der Waals surface area contributed by atoms with E-state index >= 15 is 0 Å². The SMILES string of the molecule is CC(=O)COOC(CN(CC(C)C)S(=O)c1ccc(N)cc1)C(Cc1ccccc1)NC(=O)OC1CCOC1. The number of ketones is 1. The van der Waals surface area contributed by atoms with Crippen molar-refractivity contribution in [2.45, 2.75) is 56.8 Å². The number of nitrogen functional groups attached to an aromatic ring is 1.